The van der Waals surface area contributed by atoms with E-state index in [4.69, 9.17) is 4.74 Å². The molecule has 0 saturated carbocycles. The molecular formula is C20H26N8O. The molecule has 0 bridgehead atoms. The topological polar surface area (TPSA) is 94.2 Å². The van der Waals surface area contributed by atoms with E-state index in [0.717, 1.165) is 48.2 Å². The highest BCUT2D eigenvalue weighted by molar-refractivity contribution is 5.80. The van der Waals surface area contributed by atoms with Crippen molar-refractivity contribution in [3.05, 3.63) is 59.9 Å². The van der Waals surface area contributed by atoms with Gasteiger partial charge in [-0.15, -0.1) is 0 Å². The predicted molar refractivity (Wildman–Crippen MR) is 110 cm³/mol. The maximum absolute atomic E-state index is 5.13. The number of ether oxygens (including phenoxy) is 1. The fraction of sp³-hybridized carbons (Fsp3) is 0.400. The number of aliphatic imine (C=N–C) groups is 1. The Hall–Kier alpha value is -3.20. The Bertz CT molecular complexity index is 963. The van der Waals surface area contributed by atoms with Crippen LogP contribution in [0.1, 0.15) is 23.6 Å². The first-order valence-electron chi connectivity index (χ1n) is 9.73. The average molecular weight is 394 g/mol. The second-order valence-electron chi connectivity index (χ2n) is 6.99. The summed E-state index contributed by atoms with van der Waals surface area (Å²) in [5.41, 5.74) is 2.20. The normalized spacial score (nSPS) is 16.5. The molecule has 2 N–H and O–H groups in total. The Morgan fingerprint density at radius 3 is 3.07 bits per heavy atom. The van der Waals surface area contributed by atoms with Gasteiger partial charge in [0.05, 0.1) is 12.2 Å². The van der Waals surface area contributed by atoms with Gasteiger partial charge >= 0.3 is 0 Å². The third kappa shape index (κ3) is 4.62. The van der Waals surface area contributed by atoms with Gasteiger partial charge in [-0.3, -0.25) is 4.99 Å². The molecule has 1 aliphatic heterocycles. The molecule has 0 aliphatic carbocycles. The molecule has 152 valence electrons. The molecule has 1 atom stereocenters. The summed E-state index contributed by atoms with van der Waals surface area (Å²) in [4.78, 5) is 8.90. The first-order chi connectivity index (χ1) is 14.2. The summed E-state index contributed by atoms with van der Waals surface area (Å²) in [6.45, 7) is 1.88. The lowest BCUT2D eigenvalue weighted by molar-refractivity contribution is 0.177. The van der Waals surface area contributed by atoms with Gasteiger partial charge in [-0.2, -0.15) is 10.2 Å². The summed E-state index contributed by atoms with van der Waals surface area (Å²) in [5.74, 6) is 2.54. The molecule has 3 heterocycles. The summed E-state index contributed by atoms with van der Waals surface area (Å²) < 4.78 is 8.95. The quantitative estimate of drug-likeness (QED) is 0.483. The molecule has 0 radical (unpaired) electrons. The molecule has 0 fully saturated rings. The monoisotopic (exact) mass is 394 g/mol. The fourth-order valence-corrected chi connectivity index (χ4v) is 3.47. The van der Waals surface area contributed by atoms with E-state index in [1.807, 2.05) is 33.8 Å². The van der Waals surface area contributed by atoms with E-state index in [1.54, 1.807) is 20.4 Å². The van der Waals surface area contributed by atoms with E-state index in [1.165, 1.54) is 0 Å². The van der Waals surface area contributed by atoms with Crippen LogP contribution in [0.5, 0.6) is 0 Å². The summed E-state index contributed by atoms with van der Waals surface area (Å²) >= 11 is 0. The molecule has 29 heavy (non-hydrogen) atoms. The molecule has 4 rings (SSSR count). The molecule has 3 aromatic rings. The van der Waals surface area contributed by atoms with Crippen molar-refractivity contribution in [2.45, 2.75) is 38.6 Å². The molecule has 0 amide bonds. The van der Waals surface area contributed by atoms with Gasteiger partial charge in [0.25, 0.3) is 0 Å². The van der Waals surface area contributed by atoms with Gasteiger partial charge < -0.3 is 15.4 Å². The number of methoxy groups -OCH3 is 1. The smallest absolute Gasteiger partial charge is 0.191 e. The highest BCUT2D eigenvalue weighted by atomic mass is 16.5. The van der Waals surface area contributed by atoms with Crippen molar-refractivity contribution in [2.75, 3.05) is 14.2 Å². The lowest BCUT2D eigenvalue weighted by atomic mass is 10.1. The van der Waals surface area contributed by atoms with Crippen molar-refractivity contribution in [3.8, 4) is 5.69 Å². The number of benzene rings is 1. The van der Waals surface area contributed by atoms with Crippen LogP contribution in [0.25, 0.3) is 5.69 Å². The van der Waals surface area contributed by atoms with Crippen LogP contribution in [-0.2, 0) is 30.9 Å². The van der Waals surface area contributed by atoms with Gasteiger partial charge in [0.15, 0.2) is 11.8 Å². The van der Waals surface area contributed by atoms with E-state index in [2.05, 4.69) is 42.9 Å². The number of hydrogen-bond acceptors (Lipinski definition) is 5. The van der Waals surface area contributed by atoms with Gasteiger partial charge in [0, 0.05) is 45.6 Å². The molecule has 0 saturated heterocycles. The zero-order valence-electron chi connectivity index (χ0n) is 16.7. The van der Waals surface area contributed by atoms with Gasteiger partial charge in [-0.05, 0) is 30.2 Å². The van der Waals surface area contributed by atoms with E-state index >= 15 is 0 Å². The lowest BCUT2D eigenvalue weighted by Gasteiger charge is -2.25. The SMILES string of the molecule is CN=C(NCc1cccc(-n2cccn2)c1)NC1CCc2nc(COC)nn2C1. The van der Waals surface area contributed by atoms with E-state index in [9.17, 15) is 0 Å². The third-order valence-electron chi connectivity index (χ3n) is 4.88. The van der Waals surface area contributed by atoms with E-state index < -0.39 is 0 Å². The van der Waals surface area contributed by atoms with Crippen LogP contribution in [0.3, 0.4) is 0 Å². The minimum Gasteiger partial charge on any atom is -0.377 e. The molecule has 2 aromatic heterocycles. The highest BCUT2D eigenvalue weighted by Gasteiger charge is 2.22. The largest absolute Gasteiger partial charge is 0.377 e. The van der Waals surface area contributed by atoms with Crippen LogP contribution in [0.15, 0.2) is 47.7 Å². The summed E-state index contributed by atoms with van der Waals surface area (Å²) in [7, 11) is 3.45. The van der Waals surface area contributed by atoms with Crippen molar-refractivity contribution < 1.29 is 4.74 Å². The fourth-order valence-electron chi connectivity index (χ4n) is 3.47. The van der Waals surface area contributed by atoms with Gasteiger partial charge in [0.2, 0.25) is 0 Å². The van der Waals surface area contributed by atoms with Crippen LogP contribution in [0.4, 0.5) is 0 Å². The molecule has 9 nitrogen and oxygen atoms in total. The Morgan fingerprint density at radius 1 is 1.34 bits per heavy atom. The van der Waals surface area contributed by atoms with Crippen LogP contribution < -0.4 is 10.6 Å². The second kappa shape index (κ2) is 8.87. The summed E-state index contributed by atoms with van der Waals surface area (Å²) in [5, 5.41) is 15.7. The Kier molecular flexibility index (Phi) is 5.85. The molecule has 1 aromatic carbocycles. The first kappa shape index (κ1) is 19.1. The van der Waals surface area contributed by atoms with Crippen molar-refractivity contribution in [3.63, 3.8) is 0 Å². The summed E-state index contributed by atoms with van der Waals surface area (Å²) in [6.07, 6.45) is 5.59. The minimum absolute atomic E-state index is 0.251. The standard InChI is InChI=1S/C20H26N8O/c1-21-20(22-12-15-5-3-6-17(11-15)27-10-4-9-23-27)24-16-7-8-19-25-18(14-29-2)26-28(19)13-16/h3-6,9-11,16H,7-8,12-14H2,1-2H3,(H2,21,22,24). The van der Waals surface area contributed by atoms with E-state index in [0.29, 0.717) is 13.2 Å². The Morgan fingerprint density at radius 2 is 2.28 bits per heavy atom. The Balaban J connectivity index is 1.34. The minimum atomic E-state index is 0.251. The highest BCUT2D eigenvalue weighted by Crippen LogP contribution is 2.14. The Labute approximate surface area is 169 Å². The molecule has 1 unspecified atom stereocenters. The van der Waals surface area contributed by atoms with Crippen molar-refractivity contribution in [1.82, 2.24) is 35.2 Å². The predicted octanol–water partition coefficient (Wildman–Crippen LogP) is 1.29. The molecule has 0 spiro atoms. The molecular weight excluding hydrogens is 368 g/mol. The number of hydrogen-bond donors (Lipinski definition) is 2. The number of guanidine groups is 1. The lowest BCUT2D eigenvalue weighted by Crippen LogP contribution is -2.46. The number of aryl methyl sites for hydroxylation is 1. The summed E-state index contributed by atoms with van der Waals surface area (Å²) in [6, 6.07) is 10.5. The number of aromatic nitrogens is 5. The van der Waals surface area contributed by atoms with Gasteiger partial charge in [-0.1, -0.05) is 12.1 Å². The third-order valence-corrected chi connectivity index (χ3v) is 4.88. The molecule has 1 aliphatic rings. The number of fused-ring (bicyclic) bond motifs is 1. The molecule has 9 heteroatoms. The van der Waals surface area contributed by atoms with E-state index in [-0.39, 0.29) is 6.04 Å². The van der Waals surface area contributed by atoms with Gasteiger partial charge in [-0.25, -0.2) is 14.3 Å². The van der Waals surface area contributed by atoms with Crippen molar-refractivity contribution in [1.29, 1.82) is 0 Å². The first-order valence-corrected chi connectivity index (χ1v) is 9.73. The number of nitrogens with one attached hydrogen (secondary N) is 2. The van der Waals surface area contributed by atoms with Crippen LogP contribution >= 0.6 is 0 Å². The number of rotatable bonds is 6. The zero-order valence-corrected chi connectivity index (χ0v) is 16.7. The second-order valence-corrected chi connectivity index (χ2v) is 6.99. The van der Waals surface area contributed by atoms with Crippen LogP contribution in [-0.4, -0.2) is 50.7 Å². The average Bonchev–Trinajstić information content (AvgIpc) is 3.41. The van der Waals surface area contributed by atoms with Crippen molar-refractivity contribution in [2.24, 2.45) is 4.99 Å². The van der Waals surface area contributed by atoms with Crippen LogP contribution in [0.2, 0.25) is 0 Å². The van der Waals surface area contributed by atoms with Crippen molar-refractivity contribution >= 4 is 5.96 Å². The number of nitrogens with zero attached hydrogens (tertiary/aromatic N) is 6. The maximum Gasteiger partial charge on any atom is 0.191 e. The zero-order chi connectivity index (χ0) is 20.1. The van der Waals surface area contributed by atoms with Gasteiger partial charge in [0.1, 0.15) is 12.4 Å². The maximum atomic E-state index is 5.13. The van der Waals surface area contributed by atoms with Crippen LogP contribution in [0, 0.1) is 0 Å².